The van der Waals surface area contributed by atoms with E-state index in [-0.39, 0.29) is 5.91 Å². The first kappa shape index (κ1) is 15.1. The predicted molar refractivity (Wildman–Crippen MR) is 96.2 cm³/mol. The number of hydrogen-bond donors (Lipinski definition) is 1. The molecule has 1 aromatic carbocycles. The number of anilines is 1. The van der Waals surface area contributed by atoms with Crippen LogP contribution in [0.5, 0.6) is 0 Å². The van der Waals surface area contributed by atoms with Crippen molar-refractivity contribution in [1.82, 2.24) is 19.2 Å². The third-order valence-electron chi connectivity index (χ3n) is 4.00. The molecule has 4 aromatic rings. The van der Waals surface area contributed by atoms with Crippen LogP contribution in [0.1, 0.15) is 21.7 Å². The van der Waals surface area contributed by atoms with Crippen LogP contribution in [0.25, 0.3) is 11.3 Å². The quantitative estimate of drug-likeness (QED) is 0.626. The normalized spacial score (nSPS) is 11.0. The van der Waals surface area contributed by atoms with Gasteiger partial charge in [0.15, 0.2) is 5.82 Å². The molecule has 3 heterocycles. The number of amides is 1. The molecule has 0 fully saturated rings. The maximum atomic E-state index is 12.4. The lowest BCUT2D eigenvalue weighted by molar-refractivity contribution is 0.102. The Hall–Kier alpha value is -3.41. The molecule has 3 aromatic heterocycles. The Balaban J connectivity index is 1.59. The maximum absolute atomic E-state index is 12.4. The molecule has 0 atom stereocenters. The largest absolute Gasteiger partial charge is 0.306 e. The second-order valence-electron chi connectivity index (χ2n) is 5.96. The Labute approximate surface area is 144 Å². The number of nitrogens with one attached hydrogen (secondary N) is 1. The van der Waals surface area contributed by atoms with Crippen molar-refractivity contribution in [3.05, 3.63) is 77.9 Å². The molecule has 0 saturated heterocycles. The first-order chi connectivity index (χ1) is 12.1. The van der Waals surface area contributed by atoms with Crippen LogP contribution in [-0.2, 0) is 0 Å². The topological polar surface area (TPSA) is 64.2 Å². The molecule has 1 amide bonds. The van der Waals surface area contributed by atoms with Gasteiger partial charge >= 0.3 is 0 Å². The molecule has 0 spiro atoms. The van der Waals surface area contributed by atoms with Crippen molar-refractivity contribution in [2.45, 2.75) is 13.8 Å². The highest BCUT2D eigenvalue weighted by atomic mass is 16.2. The lowest BCUT2D eigenvalue weighted by atomic mass is 10.2. The van der Waals surface area contributed by atoms with Crippen molar-refractivity contribution in [3.63, 3.8) is 0 Å². The van der Waals surface area contributed by atoms with Gasteiger partial charge in [0.2, 0.25) is 0 Å². The van der Waals surface area contributed by atoms with Crippen LogP contribution in [0, 0.1) is 13.8 Å². The lowest BCUT2D eigenvalue weighted by Gasteiger charge is -2.04. The molecule has 0 aliphatic rings. The standard InChI is InChI=1S/C19H17N5O/c1-13-6-8-15(9-7-13)24-14(2)11-17(22-24)21-19(25)16-12-23-10-4-3-5-18(23)20-16/h3-12H,1-2H3,(H,21,22,25). The van der Waals surface area contributed by atoms with Crippen molar-refractivity contribution in [2.75, 3.05) is 5.32 Å². The van der Waals surface area contributed by atoms with E-state index in [0.29, 0.717) is 11.5 Å². The number of nitrogens with zero attached hydrogens (tertiary/aromatic N) is 4. The van der Waals surface area contributed by atoms with E-state index in [0.717, 1.165) is 17.0 Å². The summed E-state index contributed by atoms with van der Waals surface area (Å²) >= 11 is 0. The summed E-state index contributed by atoms with van der Waals surface area (Å²) in [6.45, 7) is 3.99. The Bertz CT molecular complexity index is 1030. The molecule has 1 N–H and O–H groups in total. The van der Waals surface area contributed by atoms with E-state index in [4.69, 9.17) is 0 Å². The summed E-state index contributed by atoms with van der Waals surface area (Å²) in [5, 5.41) is 7.29. The van der Waals surface area contributed by atoms with Gasteiger partial charge in [-0.25, -0.2) is 9.67 Å². The summed E-state index contributed by atoms with van der Waals surface area (Å²) in [5.74, 6) is 0.220. The summed E-state index contributed by atoms with van der Waals surface area (Å²) in [6.07, 6.45) is 3.56. The summed E-state index contributed by atoms with van der Waals surface area (Å²) in [4.78, 5) is 16.8. The second kappa shape index (κ2) is 5.90. The van der Waals surface area contributed by atoms with Gasteiger partial charge in [-0.15, -0.1) is 5.10 Å². The Morgan fingerprint density at radius 2 is 1.88 bits per heavy atom. The second-order valence-corrected chi connectivity index (χ2v) is 5.96. The molecule has 0 unspecified atom stereocenters. The van der Waals surface area contributed by atoms with Gasteiger partial charge in [0, 0.05) is 24.2 Å². The van der Waals surface area contributed by atoms with E-state index in [2.05, 4.69) is 15.4 Å². The zero-order valence-corrected chi connectivity index (χ0v) is 14.0. The SMILES string of the molecule is Cc1ccc(-n2nc(NC(=O)c3cn4ccccc4n3)cc2C)cc1. The lowest BCUT2D eigenvalue weighted by Crippen LogP contribution is -2.13. The zero-order valence-electron chi connectivity index (χ0n) is 14.0. The molecular formula is C19H17N5O. The number of pyridine rings is 1. The Morgan fingerprint density at radius 3 is 2.64 bits per heavy atom. The van der Waals surface area contributed by atoms with E-state index >= 15 is 0 Å². The molecule has 4 rings (SSSR count). The maximum Gasteiger partial charge on any atom is 0.277 e. The highest BCUT2D eigenvalue weighted by molar-refractivity contribution is 6.02. The van der Waals surface area contributed by atoms with Crippen molar-refractivity contribution in [2.24, 2.45) is 0 Å². The zero-order chi connectivity index (χ0) is 17.4. The Morgan fingerprint density at radius 1 is 1.08 bits per heavy atom. The third kappa shape index (κ3) is 2.89. The number of carbonyl (C=O) groups excluding carboxylic acids is 1. The third-order valence-corrected chi connectivity index (χ3v) is 4.00. The van der Waals surface area contributed by atoms with E-state index in [1.807, 2.05) is 73.0 Å². The van der Waals surface area contributed by atoms with Crippen molar-refractivity contribution >= 4 is 17.4 Å². The van der Waals surface area contributed by atoms with E-state index < -0.39 is 0 Å². The number of imidazole rings is 1. The molecule has 6 heteroatoms. The molecule has 0 aliphatic heterocycles. The van der Waals surface area contributed by atoms with Gasteiger partial charge in [-0.2, -0.15) is 0 Å². The van der Waals surface area contributed by atoms with Gasteiger partial charge in [0.1, 0.15) is 11.3 Å². The van der Waals surface area contributed by atoms with Gasteiger partial charge in [0.05, 0.1) is 5.69 Å². The van der Waals surface area contributed by atoms with Crippen LogP contribution in [0.15, 0.2) is 60.9 Å². The predicted octanol–water partition coefficient (Wildman–Crippen LogP) is 3.39. The number of carbonyl (C=O) groups is 1. The first-order valence-electron chi connectivity index (χ1n) is 7.99. The highest BCUT2D eigenvalue weighted by Crippen LogP contribution is 2.16. The summed E-state index contributed by atoms with van der Waals surface area (Å²) < 4.78 is 3.61. The number of rotatable bonds is 3. The van der Waals surface area contributed by atoms with Crippen molar-refractivity contribution in [1.29, 1.82) is 0 Å². The number of benzene rings is 1. The molecule has 25 heavy (non-hydrogen) atoms. The minimum atomic E-state index is -0.280. The van der Waals surface area contributed by atoms with Crippen LogP contribution in [0.3, 0.4) is 0 Å². The number of fused-ring (bicyclic) bond motifs is 1. The first-order valence-corrected chi connectivity index (χ1v) is 7.99. The molecule has 124 valence electrons. The average Bonchev–Trinajstić information content (AvgIpc) is 3.19. The fourth-order valence-electron chi connectivity index (χ4n) is 2.71. The van der Waals surface area contributed by atoms with Crippen LogP contribution in [0.2, 0.25) is 0 Å². The summed E-state index contributed by atoms with van der Waals surface area (Å²) in [6, 6.07) is 15.5. The van der Waals surface area contributed by atoms with Crippen LogP contribution >= 0.6 is 0 Å². The van der Waals surface area contributed by atoms with Crippen molar-refractivity contribution in [3.8, 4) is 5.69 Å². The monoisotopic (exact) mass is 331 g/mol. The van der Waals surface area contributed by atoms with Gasteiger partial charge in [0.25, 0.3) is 5.91 Å². The smallest absolute Gasteiger partial charge is 0.277 e. The summed E-state index contributed by atoms with van der Waals surface area (Å²) in [7, 11) is 0. The molecule has 0 saturated carbocycles. The van der Waals surface area contributed by atoms with Gasteiger partial charge in [-0.3, -0.25) is 4.79 Å². The van der Waals surface area contributed by atoms with Crippen LogP contribution in [-0.4, -0.2) is 25.1 Å². The number of aromatic nitrogens is 4. The molecule has 0 aliphatic carbocycles. The van der Waals surface area contributed by atoms with E-state index in [1.165, 1.54) is 5.56 Å². The van der Waals surface area contributed by atoms with Crippen LogP contribution in [0.4, 0.5) is 5.82 Å². The van der Waals surface area contributed by atoms with Crippen molar-refractivity contribution < 1.29 is 4.79 Å². The fourth-order valence-corrected chi connectivity index (χ4v) is 2.71. The number of hydrogen-bond acceptors (Lipinski definition) is 3. The minimum Gasteiger partial charge on any atom is -0.306 e. The highest BCUT2D eigenvalue weighted by Gasteiger charge is 2.14. The molecular weight excluding hydrogens is 314 g/mol. The van der Waals surface area contributed by atoms with Crippen LogP contribution < -0.4 is 5.32 Å². The molecule has 0 radical (unpaired) electrons. The molecule has 0 bridgehead atoms. The average molecular weight is 331 g/mol. The van der Waals surface area contributed by atoms with E-state index in [9.17, 15) is 4.79 Å². The Kier molecular flexibility index (Phi) is 3.57. The molecule has 6 nitrogen and oxygen atoms in total. The van der Waals surface area contributed by atoms with E-state index in [1.54, 1.807) is 10.9 Å². The van der Waals surface area contributed by atoms with Gasteiger partial charge < -0.3 is 9.72 Å². The summed E-state index contributed by atoms with van der Waals surface area (Å²) in [5.41, 5.74) is 4.17. The fraction of sp³-hybridized carbons (Fsp3) is 0.105. The minimum absolute atomic E-state index is 0.280. The van der Waals surface area contributed by atoms with Gasteiger partial charge in [-0.05, 0) is 38.1 Å². The van der Waals surface area contributed by atoms with Gasteiger partial charge in [-0.1, -0.05) is 23.8 Å². The number of aryl methyl sites for hydroxylation is 2.